The number of aryl methyl sites for hydroxylation is 2. The number of ether oxygens (including phenoxy) is 2. The summed E-state index contributed by atoms with van der Waals surface area (Å²) in [6.07, 6.45) is 8.77. The Labute approximate surface area is 237 Å². The zero-order valence-electron chi connectivity index (χ0n) is 25.3. The smallest absolute Gasteiger partial charge is 0.335 e. The van der Waals surface area contributed by atoms with Gasteiger partial charge in [-0.05, 0) is 114 Å². The Morgan fingerprint density at radius 3 is 1.79 bits per heavy atom. The van der Waals surface area contributed by atoms with E-state index in [1.807, 2.05) is 6.20 Å². The molecule has 0 radical (unpaired) electrons. The number of likely N-dealkylation sites (tertiary alicyclic amines) is 1. The maximum absolute atomic E-state index is 8.29. The second-order valence-electron chi connectivity index (χ2n) is 10.4. The lowest BCUT2D eigenvalue weighted by Gasteiger charge is -2.34. The third-order valence-corrected chi connectivity index (χ3v) is 7.10. The van der Waals surface area contributed by atoms with E-state index < -0.39 is 11.6 Å². The maximum atomic E-state index is 8.29. The average molecular weight is 554 g/mol. The highest BCUT2D eigenvalue weighted by molar-refractivity contribution is 7.51. The molecule has 0 N–H and O–H groups in total. The fourth-order valence-electron chi connectivity index (χ4n) is 4.34. The predicted octanol–water partition coefficient (Wildman–Crippen LogP) is 5.25. The lowest BCUT2D eigenvalue weighted by molar-refractivity contribution is 0.154. The van der Waals surface area contributed by atoms with Crippen molar-refractivity contribution < 1.29 is 17.9 Å². The van der Waals surface area contributed by atoms with Crippen LogP contribution < -0.4 is 4.74 Å². The Kier molecular flexibility index (Phi) is 22.1. The second kappa shape index (κ2) is 23.2. The van der Waals surface area contributed by atoms with Crippen molar-refractivity contribution in [1.82, 2.24) is 14.7 Å². The summed E-state index contributed by atoms with van der Waals surface area (Å²) in [6, 6.07) is 4.12. The van der Waals surface area contributed by atoms with Gasteiger partial charge in [-0.25, -0.2) is 0 Å². The minimum atomic E-state index is -0.750. The molecule has 2 heterocycles. The van der Waals surface area contributed by atoms with Crippen LogP contribution in [0.5, 0.6) is 5.75 Å². The van der Waals surface area contributed by atoms with Gasteiger partial charge in [-0.15, -0.1) is 0 Å². The van der Waals surface area contributed by atoms with Gasteiger partial charge >= 0.3 is 11.6 Å². The van der Waals surface area contributed by atoms with Crippen LogP contribution in [0.15, 0.2) is 24.9 Å². The number of hydrogen-bond donors (Lipinski definition) is 0. The molecule has 2 fully saturated rings. The highest BCUT2D eigenvalue weighted by Crippen LogP contribution is 2.20. The van der Waals surface area contributed by atoms with Crippen molar-refractivity contribution in [3.63, 3.8) is 0 Å². The van der Waals surface area contributed by atoms with E-state index in [2.05, 4.69) is 68.0 Å². The van der Waals surface area contributed by atoms with Crippen molar-refractivity contribution >= 4 is 11.6 Å². The van der Waals surface area contributed by atoms with E-state index in [1.165, 1.54) is 88.1 Å². The number of methoxy groups -OCH3 is 2. The molecular formula is C30H55N3O4S. The van der Waals surface area contributed by atoms with E-state index in [1.54, 1.807) is 14.2 Å². The number of piperidine rings is 1. The Morgan fingerprint density at radius 1 is 0.895 bits per heavy atom. The van der Waals surface area contributed by atoms with Crippen LogP contribution >= 0.6 is 0 Å². The van der Waals surface area contributed by atoms with Crippen LogP contribution in [0.1, 0.15) is 62.6 Å². The molecule has 38 heavy (non-hydrogen) atoms. The summed E-state index contributed by atoms with van der Waals surface area (Å²) in [5, 5.41) is 0. The van der Waals surface area contributed by atoms with E-state index in [-0.39, 0.29) is 0 Å². The van der Waals surface area contributed by atoms with Gasteiger partial charge in [0.1, 0.15) is 5.75 Å². The molecule has 0 aromatic heterocycles. The van der Waals surface area contributed by atoms with Gasteiger partial charge in [0.15, 0.2) is 0 Å². The van der Waals surface area contributed by atoms with E-state index in [0.29, 0.717) is 0 Å². The molecule has 2 aliphatic heterocycles. The van der Waals surface area contributed by atoms with Crippen molar-refractivity contribution in [3.05, 3.63) is 41.6 Å². The zero-order chi connectivity index (χ0) is 28.8. The highest BCUT2D eigenvalue weighted by Gasteiger charge is 2.14. The Hall–Kier alpha value is -1.74. The van der Waals surface area contributed by atoms with Crippen molar-refractivity contribution in [2.45, 2.75) is 66.7 Å². The van der Waals surface area contributed by atoms with Gasteiger partial charge in [-0.2, -0.15) is 8.42 Å². The number of nitrogens with zero attached hydrogens (tertiary/aromatic N) is 3. The SMILES string of the molecule is C=CN1CCN(CCCN2CCCCC2)CC1.COCCC(C)C.COc1cc(C)c(C)c(C)c1.O=S=O. The zero-order valence-corrected chi connectivity index (χ0v) is 26.1. The minimum Gasteiger partial charge on any atom is -0.497 e. The van der Waals surface area contributed by atoms with Gasteiger partial charge in [-0.3, -0.25) is 4.90 Å². The third kappa shape index (κ3) is 17.7. The van der Waals surface area contributed by atoms with Crippen molar-refractivity contribution in [2.75, 3.05) is 73.2 Å². The monoisotopic (exact) mass is 553 g/mol. The van der Waals surface area contributed by atoms with Crippen LogP contribution in [0.25, 0.3) is 0 Å². The molecule has 0 aliphatic carbocycles. The normalized spacial score (nSPS) is 15.7. The van der Waals surface area contributed by atoms with E-state index in [4.69, 9.17) is 17.9 Å². The summed E-state index contributed by atoms with van der Waals surface area (Å²) >= 11 is -0.750. The van der Waals surface area contributed by atoms with Crippen LogP contribution in [0.2, 0.25) is 0 Å². The first-order chi connectivity index (χ1) is 18.2. The Bertz CT molecular complexity index is 748. The molecule has 7 nitrogen and oxygen atoms in total. The second-order valence-corrected chi connectivity index (χ2v) is 10.6. The first kappa shape index (κ1) is 36.3. The standard InChI is InChI=1S/C14H27N3.C10H14O.C6H14O.O2S/c1-2-15-11-13-17(14-12-15)10-6-9-16-7-4-3-5-8-16;1-7-5-10(11-4)6-8(2)9(7)3;1-6(2)4-5-7-3;1-3-2/h2H,1,3-14H2;5-6H,1-4H3;6H,4-5H2,1-3H3;. The van der Waals surface area contributed by atoms with Gasteiger partial charge in [-0.1, -0.05) is 26.8 Å². The van der Waals surface area contributed by atoms with Gasteiger partial charge < -0.3 is 19.3 Å². The van der Waals surface area contributed by atoms with Gasteiger partial charge in [0.2, 0.25) is 0 Å². The lowest BCUT2D eigenvalue weighted by Crippen LogP contribution is -2.44. The van der Waals surface area contributed by atoms with Crippen LogP contribution in [0.3, 0.4) is 0 Å². The Balaban J connectivity index is 0.000000561. The molecule has 220 valence electrons. The van der Waals surface area contributed by atoms with Crippen molar-refractivity contribution in [2.24, 2.45) is 5.92 Å². The summed E-state index contributed by atoms with van der Waals surface area (Å²) in [6.45, 7) is 25.5. The molecule has 0 unspecified atom stereocenters. The molecule has 8 heteroatoms. The van der Waals surface area contributed by atoms with Gasteiger partial charge in [0.25, 0.3) is 0 Å². The van der Waals surface area contributed by atoms with E-state index in [9.17, 15) is 0 Å². The first-order valence-electron chi connectivity index (χ1n) is 14.1. The van der Waals surface area contributed by atoms with Crippen LogP contribution in [0.4, 0.5) is 0 Å². The number of piperazine rings is 1. The maximum Gasteiger partial charge on any atom is 0.335 e. The minimum absolute atomic E-state index is 0.750. The summed E-state index contributed by atoms with van der Waals surface area (Å²) in [4.78, 5) is 7.56. The summed E-state index contributed by atoms with van der Waals surface area (Å²) in [5.41, 5.74) is 3.94. The third-order valence-electron chi connectivity index (χ3n) is 7.10. The highest BCUT2D eigenvalue weighted by atomic mass is 32.1. The number of benzene rings is 1. The molecule has 0 spiro atoms. The first-order valence-corrected chi connectivity index (χ1v) is 14.7. The molecular weight excluding hydrogens is 498 g/mol. The van der Waals surface area contributed by atoms with Crippen LogP contribution in [-0.4, -0.2) is 96.3 Å². The molecule has 1 aromatic carbocycles. The quantitative estimate of drug-likeness (QED) is 0.414. The van der Waals surface area contributed by atoms with Crippen LogP contribution in [-0.2, 0) is 16.3 Å². The summed E-state index contributed by atoms with van der Waals surface area (Å²) < 4.78 is 26.6. The molecule has 0 bridgehead atoms. The molecule has 3 rings (SSSR count). The molecule has 2 saturated heterocycles. The predicted molar refractivity (Wildman–Crippen MR) is 161 cm³/mol. The molecule has 0 atom stereocenters. The van der Waals surface area contributed by atoms with Crippen molar-refractivity contribution in [3.8, 4) is 5.75 Å². The fraction of sp³-hybridized carbons (Fsp3) is 0.733. The van der Waals surface area contributed by atoms with Crippen molar-refractivity contribution in [1.29, 1.82) is 0 Å². The van der Waals surface area contributed by atoms with E-state index >= 15 is 0 Å². The largest absolute Gasteiger partial charge is 0.497 e. The molecule has 2 aliphatic rings. The van der Waals surface area contributed by atoms with Gasteiger partial charge in [0, 0.05) is 39.9 Å². The summed E-state index contributed by atoms with van der Waals surface area (Å²) in [7, 11) is 3.44. The lowest BCUT2D eigenvalue weighted by atomic mass is 10.0. The molecule has 0 saturated carbocycles. The van der Waals surface area contributed by atoms with E-state index in [0.717, 1.165) is 31.4 Å². The molecule has 0 amide bonds. The topological polar surface area (TPSA) is 62.3 Å². The average Bonchev–Trinajstić information content (AvgIpc) is 2.92. The van der Waals surface area contributed by atoms with Crippen LogP contribution in [0, 0.1) is 26.7 Å². The number of rotatable bonds is 9. The summed E-state index contributed by atoms with van der Waals surface area (Å²) in [5.74, 6) is 1.73. The fourth-order valence-corrected chi connectivity index (χ4v) is 4.34. The Morgan fingerprint density at radius 2 is 1.39 bits per heavy atom. The number of hydrogen-bond acceptors (Lipinski definition) is 7. The molecule has 1 aromatic rings. The van der Waals surface area contributed by atoms with Gasteiger partial charge in [0.05, 0.1) is 7.11 Å².